The molecule has 8 heteroatoms. The largest absolute Gasteiger partial charge is 0.489 e. The van der Waals surface area contributed by atoms with Crippen LogP contribution in [0.25, 0.3) is 6.08 Å². The van der Waals surface area contributed by atoms with Crippen LogP contribution < -0.4 is 4.74 Å². The van der Waals surface area contributed by atoms with Gasteiger partial charge in [0, 0.05) is 18.1 Å². The lowest BCUT2D eigenvalue weighted by molar-refractivity contribution is -0.147. The van der Waals surface area contributed by atoms with E-state index in [0.717, 1.165) is 4.90 Å². The predicted octanol–water partition coefficient (Wildman–Crippen LogP) is 3.56. The van der Waals surface area contributed by atoms with E-state index < -0.39 is 17.8 Å². The van der Waals surface area contributed by atoms with Crippen molar-refractivity contribution in [2.24, 2.45) is 0 Å². The van der Waals surface area contributed by atoms with Gasteiger partial charge in [-0.2, -0.15) is 5.26 Å². The lowest BCUT2D eigenvalue weighted by Gasteiger charge is -2.27. The Morgan fingerprint density at radius 1 is 1.12 bits per heavy atom. The molecule has 0 aliphatic carbocycles. The van der Waals surface area contributed by atoms with Gasteiger partial charge in [0.05, 0.1) is 6.54 Å². The molecule has 2 amide bonds. The highest BCUT2D eigenvalue weighted by Gasteiger charge is 2.35. The third kappa shape index (κ3) is 5.52. The molecule has 3 rings (SSSR count). The van der Waals surface area contributed by atoms with Gasteiger partial charge in [0.2, 0.25) is 0 Å². The van der Waals surface area contributed by atoms with Gasteiger partial charge in [0.1, 0.15) is 36.4 Å². The summed E-state index contributed by atoms with van der Waals surface area (Å²) in [4.78, 5) is 37.3. The number of rotatable bonds is 7. The van der Waals surface area contributed by atoms with E-state index in [1.807, 2.05) is 6.07 Å². The van der Waals surface area contributed by atoms with E-state index in [2.05, 4.69) is 0 Å². The van der Waals surface area contributed by atoms with Gasteiger partial charge in [-0.15, -0.1) is 0 Å². The number of hydrogen-bond acceptors (Lipinski definition) is 6. The molecule has 168 valence electrons. The first kappa shape index (κ1) is 23.4. The minimum atomic E-state index is -0.721. The third-order valence-corrected chi connectivity index (χ3v) is 4.99. The van der Waals surface area contributed by atoms with Crippen LogP contribution in [0.4, 0.5) is 4.39 Å². The quantitative estimate of drug-likeness (QED) is 0.365. The highest BCUT2D eigenvalue weighted by atomic mass is 19.1. The number of hydrogen-bond donors (Lipinski definition) is 0. The van der Waals surface area contributed by atoms with Crippen LogP contribution in [0.15, 0.2) is 65.3 Å². The third-order valence-electron chi connectivity index (χ3n) is 4.99. The van der Waals surface area contributed by atoms with Gasteiger partial charge in [-0.3, -0.25) is 19.3 Å². The van der Waals surface area contributed by atoms with Gasteiger partial charge < -0.3 is 9.47 Å². The minimum Gasteiger partial charge on any atom is -0.489 e. The number of carbonyl (C=O) groups is 3. The molecule has 1 heterocycles. The second-order valence-corrected chi connectivity index (χ2v) is 7.22. The number of halogens is 1. The Balaban J connectivity index is 1.79. The molecule has 0 fully saturated rings. The first-order valence-electron chi connectivity index (χ1n) is 10.1. The number of amides is 2. The fourth-order valence-electron chi connectivity index (χ4n) is 3.22. The molecule has 0 atom stereocenters. The zero-order valence-corrected chi connectivity index (χ0v) is 18.1. The van der Waals surface area contributed by atoms with Gasteiger partial charge in [0.25, 0.3) is 11.8 Å². The predicted molar refractivity (Wildman–Crippen MR) is 117 cm³/mol. The highest BCUT2D eigenvalue weighted by molar-refractivity contribution is 6.19. The van der Waals surface area contributed by atoms with Crippen LogP contribution in [0, 0.1) is 17.1 Å². The molecule has 0 saturated carbocycles. The second kappa shape index (κ2) is 10.4. The van der Waals surface area contributed by atoms with Crippen LogP contribution in [-0.4, -0.2) is 35.8 Å². The van der Waals surface area contributed by atoms with Crippen LogP contribution in [0.3, 0.4) is 0 Å². The molecule has 1 aliphatic heterocycles. The first-order valence-corrected chi connectivity index (χ1v) is 10.1. The van der Waals surface area contributed by atoms with Gasteiger partial charge in [0.15, 0.2) is 0 Å². The van der Waals surface area contributed by atoms with E-state index >= 15 is 0 Å². The second-order valence-electron chi connectivity index (χ2n) is 7.22. The molecular weight excluding hydrogens is 427 g/mol. The summed E-state index contributed by atoms with van der Waals surface area (Å²) in [6.07, 6.45) is 1.57. The average molecular weight is 448 g/mol. The maximum atomic E-state index is 13.7. The molecule has 0 N–H and O–H groups in total. The lowest BCUT2D eigenvalue weighted by atomic mass is 9.93. The number of benzene rings is 2. The number of nitriles is 1. The molecule has 0 unspecified atom stereocenters. The van der Waals surface area contributed by atoms with Crippen molar-refractivity contribution < 1.29 is 28.2 Å². The summed E-state index contributed by atoms with van der Waals surface area (Å²) in [5.74, 6) is -1.67. The Labute approximate surface area is 190 Å². The molecule has 33 heavy (non-hydrogen) atoms. The van der Waals surface area contributed by atoms with Crippen LogP contribution in [0.1, 0.15) is 25.0 Å². The van der Waals surface area contributed by atoms with Crippen molar-refractivity contribution in [1.82, 2.24) is 4.90 Å². The van der Waals surface area contributed by atoms with Crippen LogP contribution in [0.5, 0.6) is 5.75 Å². The molecule has 0 saturated heterocycles. The van der Waals surface area contributed by atoms with Crippen molar-refractivity contribution in [2.45, 2.75) is 20.5 Å². The van der Waals surface area contributed by atoms with E-state index in [4.69, 9.17) is 9.47 Å². The summed E-state index contributed by atoms with van der Waals surface area (Å²) in [6, 6.07) is 14.9. The molecule has 0 aromatic heterocycles. The molecule has 0 radical (unpaired) electrons. The van der Waals surface area contributed by atoms with Crippen LogP contribution in [0.2, 0.25) is 0 Å². The van der Waals surface area contributed by atoms with Crippen molar-refractivity contribution in [1.29, 1.82) is 5.26 Å². The maximum absolute atomic E-state index is 13.7. The Hall–Kier alpha value is -4.25. The van der Waals surface area contributed by atoms with E-state index in [9.17, 15) is 24.0 Å². The molecule has 0 bridgehead atoms. The first-order chi connectivity index (χ1) is 15.8. The summed E-state index contributed by atoms with van der Waals surface area (Å²) in [5, 5.41) is 9.42. The van der Waals surface area contributed by atoms with Crippen molar-refractivity contribution in [3.63, 3.8) is 0 Å². The summed E-state index contributed by atoms with van der Waals surface area (Å²) in [6.45, 7) is 2.51. The van der Waals surface area contributed by atoms with E-state index in [0.29, 0.717) is 16.9 Å². The van der Waals surface area contributed by atoms with Crippen molar-refractivity contribution in [2.75, 3.05) is 13.2 Å². The normalized spacial score (nSPS) is 15.0. The number of nitrogens with zero attached hydrogens (tertiary/aromatic N) is 2. The molecule has 2 aromatic carbocycles. The van der Waals surface area contributed by atoms with E-state index in [1.54, 1.807) is 48.5 Å². The van der Waals surface area contributed by atoms with Crippen molar-refractivity contribution >= 4 is 23.9 Å². The zero-order chi connectivity index (χ0) is 24.0. The van der Waals surface area contributed by atoms with Crippen molar-refractivity contribution in [3.8, 4) is 11.8 Å². The van der Waals surface area contributed by atoms with E-state index in [1.165, 1.54) is 19.9 Å². The summed E-state index contributed by atoms with van der Waals surface area (Å²) in [5.41, 5.74) is 1.39. The Bertz CT molecular complexity index is 1190. The Morgan fingerprint density at radius 2 is 1.82 bits per heavy atom. The van der Waals surface area contributed by atoms with Crippen LogP contribution in [-0.2, 0) is 25.7 Å². The minimum absolute atomic E-state index is 0.0678. The summed E-state index contributed by atoms with van der Waals surface area (Å²) < 4.78 is 24.2. The number of imide groups is 1. The summed E-state index contributed by atoms with van der Waals surface area (Å²) >= 11 is 0. The lowest BCUT2D eigenvalue weighted by Crippen LogP contribution is -2.44. The van der Waals surface area contributed by atoms with Crippen molar-refractivity contribution in [3.05, 3.63) is 82.2 Å². The maximum Gasteiger partial charge on any atom is 0.302 e. The standard InChI is InChI=1S/C25H21FN2O5/c1-16-21(24(30)28(11-12-32-17(2)29)25(31)22(16)14-27)13-18-7-9-20(10-8-18)33-15-19-5-3-4-6-23(19)26/h3-10,13H,11-12,15H2,1-2H3/b21-13+. The highest BCUT2D eigenvalue weighted by Crippen LogP contribution is 2.27. The topological polar surface area (TPSA) is 96.7 Å². The monoisotopic (exact) mass is 448 g/mol. The Kier molecular flexibility index (Phi) is 7.36. The smallest absolute Gasteiger partial charge is 0.302 e. The Morgan fingerprint density at radius 3 is 2.45 bits per heavy atom. The molecular formula is C25H21FN2O5. The van der Waals surface area contributed by atoms with Crippen LogP contribution >= 0.6 is 0 Å². The molecule has 0 spiro atoms. The zero-order valence-electron chi connectivity index (χ0n) is 18.1. The molecule has 2 aromatic rings. The fourth-order valence-corrected chi connectivity index (χ4v) is 3.22. The van der Waals surface area contributed by atoms with Gasteiger partial charge >= 0.3 is 5.97 Å². The number of ether oxygens (including phenoxy) is 2. The average Bonchev–Trinajstić information content (AvgIpc) is 2.79. The summed E-state index contributed by atoms with van der Waals surface area (Å²) in [7, 11) is 0. The van der Waals surface area contributed by atoms with E-state index in [-0.39, 0.29) is 42.3 Å². The fraction of sp³-hybridized carbons (Fsp3) is 0.200. The number of esters is 1. The number of carbonyl (C=O) groups excluding carboxylic acids is 3. The SMILES string of the molecule is CC(=O)OCCN1C(=O)C(C#N)=C(C)/C(=C\c2ccc(OCc3ccccc3F)cc2)C1=O. The van der Waals surface area contributed by atoms with Gasteiger partial charge in [-0.05, 0) is 42.3 Å². The van der Waals surface area contributed by atoms with Gasteiger partial charge in [-0.1, -0.05) is 30.3 Å². The molecule has 1 aliphatic rings. The van der Waals surface area contributed by atoms with Gasteiger partial charge in [-0.25, -0.2) is 4.39 Å². The molecule has 7 nitrogen and oxygen atoms in total.